The Hall–Kier alpha value is -2.80. The molecule has 0 aliphatic carbocycles. The summed E-state index contributed by atoms with van der Waals surface area (Å²) < 4.78 is 0. The molecule has 0 bridgehead atoms. The number of thiophene rings is 1. The lowest BCUT2D eigenvalue weighted by molar-refractivity contribution is 0.102. The van der Waals surface area contributed by atoms with Crippen LogP contribution in [0.3, 0.4) is 0 Å². The Labute approximate surface area is 124 Å². The van der Waals surface area contributed by atoms with E-state index < -0.39 is 5.91 Å². The molecule has 0 aliphatic rings. The lowest BCUT2D eigenvalue weighted by atomic mass is 10.2. The van der Waals surface area contributed by atoms with Gasteiger partial charge in [-0.2, -0.15) is 11.3 Å². The molecule has 3 rings (SSSR count). The number of pyridine rings is 1. The van der Waals surface area contributed by atoms with Crippen molar-refractivity contribution in [3.05, 3.63) is 53.2 Å². The molecular weight excluding hydrogens is 286 g/mol. The van der Waals surface area contributed by atoms with Crippen molar-refractivity contribution in [2.24, 2.45) is 0 Å². The van der Waals surface area contributed by atoms with Crippen LogP contribution in [0, 0.1) is 0 Å². The maximum Gasteiger partial charge on any atom is 0.278 e. The van der Waals surface area contributed by atoms with Crippen molar-refractivity contribution >= 4 is 28.7 Å². The zero-order chi connectivity index (χ0) is 14.7. The molecule has 6 nitrogen and oxygen atoms in total. The number of rotatable bonds is 3. The molecule has 0 radical (unpaired) electrons. The number of nitrogens with one attached hydrogen (secondary N) is 1. The van der Waals surface area contributed by atoms with E-state index in [1.54, 1.807) is 42.1 Å². The van der Waals surface area contributed by atoms with Gasteiger partial charge in [-0.3, -0.25) is 9.78 Å². The molecule has 0 aromatic carbocycles. The minimum Gasteiger partial charge on any atom is -0.382 e. The summed E-state index contributed by atoms with van der Waals surface area (Å²) in [7, 11) is 0. The normalized spacial score (nSPS) is 10.3. The highest BCUT2D eigenvalue weighted by Crippen LogP contribution is 2.21. The van der Waals surface area contributed by atoms with E-state index in [1.807, 2.05) is 16.8 Å². The van der Waals surface area contributed by atoms with Crippen LogP contribution in [0.4, 0.5) is 11.5 Å². The fraction of sp³-hybridized carbons (Fsp3) is 0. The Balaban J connectivity index is 1.91. The van der Waals surface area contributed by atoms with Crippen LogP contribution >= 0.6 is 11.3 Å². The summed E-state index contributed by atoms with van der Waals surface area (Å²) in [5, 5.41) is 6.56. The van der Waals surface area contributed by atoms with Crippen molar-refractivity contribution in [3.8, 4) is 11.3 Å². The maximum absolute atomic E-state index is 12.2. The first-order valence-corrected chi connectivity index (χ1v) is 7.05. The monoisotopic (exact) mass is 297 g/mol. The summed E-state index contributed by atoms with van der Waals surface area (Å²) >= 11 is 1.55. The number of amides is 1. The Morgan fingerprint density at radius 1 is 1.29 bits per heavy atom. The van der Waals surface area contributed by atoms with Gasteiger partial charge in [0.1, 0.15) is 0 Å². The van der Waals surface area contributed by atoms with Crippen LogP contribution in [-0.2, 0) is 0 Å². The molecule has 0 spiro atoms. The molecule has 0 unspecified atom stereocenters. The van der Waals surface area contributed by atoms with Gasteiger partial charge in [0, 0.05) is 17.1 Å². The molecule has 3 aromatic heterocycles. The van der Waals surface area contributed by atoms with E-state index in [4.69, 9.17) is 5.73 Å². The lowest BCUT2D eigenvalue weighted by Crippen LogP contribution is -2.17. The first-order chi connectivity index (χ1) is 10.2. The van der Waals surface area contributed by atoms with Gasteiger partial charge in [0.25, 0.3) is 5.91 Å². The van der Waals surface area contributed by atoms with E-state index in [0.29, 0.717) is 11.4 Å². The molecule has 0 fully saturated rings. The number of nitrogens with zero attached hydrogens (tertiary/aromatic N) is 3. The van der Waals surface area contributed by atoms with Gasteiger partial charge in [-0.15, -0.1) is 0 Å². The number of anilines is 2. The Morgan fingerprint density at radius 2 is 2.19 bits per heavy atom. The van der Waals surface area contributed by atoms with Crippen molar-refractivity contribution in [2.75, 3.05) is 11.1 Å². The van der Waals surface area contributed by atoms with E-state index in [1.165, 1.54) is 0 Å². The molecule has 0 aliphatic heterocycles. The Bertz CT molecular complexity index is 758. The second kappa shape index (κ2) is 5.68. The number of hydrogen-bond acceptors (Lipinski definition) is 6. The zero-order valence-corrected chi connectivity index (χ0v) is 11.7. The van der Waals surface area contributed by atoms with E-state index >= 15 is 0 Å². The van der Waals surface area contributed by atoms with Gasteiger partial charge in [-0.1, -0.05) is 0 Å². The minimum absolute atomic E-state index is 0.0929. The molecule has 104 valence electrons. The smallest absolute Gasteiger partial charge is 0.278 e. The highest BCUT2D eigenvalue weighted by molar-refractivity contribution is 7.08. The molecule has 21 heavy (non-hydrogen) atoms. The summed E-state index contributed by atoms with van der Waals surface area (Å²) in [5.74, 6) is -0.319. The first-order valence-electron chi connectivity index (χ1n) is 6.10. The maximum atomic E-state index is 12.2. The standard InChI is InChI=1S/C14H11N5OS/c15-13-12(14(20)18-10-2-1-4-16-6-10)19-11(7-17-13)9-3-5-21-8-9/h1-8H,(H2,15,17)(H,18,20). The minimum atomic E-state index is -0.412. The van der Waals surface area contributed by atoms with Crippen LogP contribution in [0.15, 0.2) is 47.5 Å². The average molecular weight is 297 g/mol. The van der Waals surface area contributed by atoms with Gasteiger partial charge in [0.15, 0.2) is 11.5 Å². The van der Waals surface area contributed by atoms with Crippen LogP contribution in [0.25, 0.3) is 11.3 Å². The average Bonchev–Trinajstić information content (AvgIpc) is 3.03. The molecular formula is C14H11N5OS. The lowest BCUT2D eigenvalue weighted by Gasteiger charge is -2.07. The topological polar surface area (TPSA) is 93.8 Å². The highest BCUT2D eigenvalue weighted by atomic mass is 32.1. The summed E-state index contributed by atoms with van der Waals surface area (Å²) in [4.78, 5) is 24.5. The predicted molar refractivity (Wildman–Crippen MR) is 81.9 cm³/mol. The summed E-state index contributed by atoms with van der Waals surface area (Å²) in [6, 6.07) is 5.37. The number of nitrogen functional groups attached to an aromatic ring is 1. The predicted octanol–water partition coefficient (Wildman–Crippen LogP) is 2.43. The summed E-state index contributed by atoms with van der Waals surface area (Å²) in [6.07, 6.45) is 4.73. The van der Waals surface area contributed by atoms with Crippen molar-refractivity contribution in [3.63, 3.8) is 0 Å². The van der Waals surface area contributed by atoms with Crippen LogP contribution in [0.2, 0.25) is 0 Å². The van der Waals surface area contributed by atoms with Crippen LogP contribution in [0.1, 0.15) is 10.5 Å². The van der Waals surface area contributed by atoms with Crippen molar-refractivity contribution in [1.29, 1.82) is 0 Å². The third-order valence-electron chi connectivity index (χ3n) is 2.75. The van der Waals surface area contributed by atoms with Crippen LogP contribution in [0.5, 0.6) is 0 Å². The highest BCUT2D eigenvalue weighted by Gasteiger charge is 2.15. The second-order valence-corrected chi connectivity index (χ2v) is 4.98. The molecule has 3 heterocycles. The van der Waals surface area contributed by atoms with Gasteiger partial charge < -0.3 is 11.1 Å². The second-order valence-electron chi connectivity index (χ2n) is 4.20. The van der Waals surface area contributed by atoms with E-state index in [-0.39, 0.29) is 11.5 Å². The molecule has 7 heteroatoms. The number of hydrogen-bond donors (Lipinski definition) is 2. The zero-order valence-electron chi connectivity index (χ0n) is 10.9. The molecule has 3 aromatic rings. The summed E-state index contributed by atoms with van der Waals surface area (Å²) in [5.41, 5.74) is 7.94. The van der Waals surface area contributed by atoms with Crippen molar-refractivity contribution in [1.82, 2.24) is 15.0 Å². The number of carbonyl (C=O) groups excluding carboxylic acids is 1. The summed E-state index contributed by atoms with van der Waals surface area (Å²) in [6.45, 7) is 0. The quantitative estimate of drug-likeness (QED) is 0.774. The number of aromatic nitrogens is 3. The van der Waals surface area contributed by atoms with E-state index in [9.17, 15) is 4.79 Å². The van der Waals surface area contributed by atoms with Crippen molar-refractivity contribution < 1.29 is 4.79 Å². The first kappa shape index (κ1) is 13.2. The van der Waals surface area contributed by atoms with Crippen molar-refractivity contribution in [2.45, 2.75) is 0 Å². The van der Waals surface area contributed by atoms with E-state index in [2.05, 4.69) is 20.3 Å². The van der Waals surface area contributed by atoms with Gasteiger partial charge in [0.2, 0.25) is 0 Å². The van der Waals surface area contributed by atoms with Gasteiger partial charge in [-0.05, 0) is 23.6 Å². The third-order valence-corrected chi connectivity index (χ3v) is 3.44. The molecule has 0 saturated carbocycles. The SMILES string of the molecule is Nc1ncc(-c2ccsc2)nc1C(=O)Nc1cccnc1. The fourth-order valence-electron chi connectivity index (χ4n) is 1.74. The fourth-order valence-corrected chi connectivity index (χ4v) is 2.39. The Kier molecular flexibility index (Phi) is 3.57. The largest absolute Gasteiger partial charge is 0.382 e. The van der Waals surface area contributed by atoms with Crippen LogP contribution in [-0.4, -0.2) is 20.9 Å². The third kappa shape index (κ3) is 2.87. The van der Waals surface area contributed by atoms with E-state index in [0.717, 1.165) is 5.56 Å². The molecule has 3 N–H and O–H groups in total. The number of nitrogens with two attached hydrogens (primary N) is 1. The molecule has 0 atom stereocenters. The van der Waals surface area contributed by atoms with Crippen LogP contribution < -0.4 is 11.1 Å². The Morgan fingerprint density at radius 3 is 2.90 bits per heavy atom. The van der Waals surface area contributed by atoms with Gasteiger partial charge in [-0.25, -0.2) is 9.97 Å². The van der Waals surface area contributed by atoms with Gasteiger partial charge >= 0.3 is 0 Å². The molecule has 1 amide bonds. The number of carbonyl (C=O) groups is 1. The molecule has 0 saturated heterocycles. The van der Waals surface area contributed by atoms with Gasteiger partial charge in [0.05, 0.1) is 23.8 Å².